The second-order valence-corrected chi connectivity index (χ2v) is 5.15. The van der Waals surface area contributed by atoms with E-state index in [1.165, 1.54) is 11.3 Å². The average molecular weight is 313 g/mol. The van der Waals surface area contributed by atoms with Crippen LogP contribution in [0.4, 0.5) is 5.13 Å². The number of carbonyl (C=O) groups excluding carboxylic acids is 1. The quantitative estimate of drug-likeness (QED) is 0.885. The summed E-state index contributed by atoms with van der Waals surface area (Å²) in [4.78, 5) is 11.9. The lowest BCUT2D eigenvalue weighted by Crippen LogP contribution is -2.23. The summed E-state index contributed by atoms with van der Waals surface area (Å²) >= 11 is 7.28. The summed E-state index contributed by atoms with van der Waals surface area (Å²) in [5, 5.41) is 14.6. The molecular formula is C12H13ClN4O2S. The molecular weight excluding hydrogens is 300 g/mol. The Morgan fingerprint density at radius 2 is 2.25 bits per heavy atom. The Bertz CT molecular complexity index is 617. The summed E-state index contributed by atoms with van der Waals surface area (Å²) in [7, 11) is 3.28. The van der Waals surface area contributed by atoms with Crippen LogP contribution in [0.5, 0.6) is 5.75 Å². The summed E-state index contributed by atoms with van der Waals surface area (Å²) in [5.74, 6) is 0.331. The molecule has 1 amide bonds. The fourth-order valence-electron chi connectivity index (χ4n) is 1.56. The number of nitrogens with one attached hydrogen (secondary N) is 2. The molecule has 2 aromatic rings. The Balaban J connectivity index is 2.07. The zero-order chi connectivity index (χ0) is 14.5. The number of benzene rings is 1. The minimum Gasteiger partial charge on any atom is -0.496 e. The summed E-state index contributed by atoms with van der Waals surface area (Å²) in [6.45, 7) is 0.260. The molecule has 1 aromatic carbocycles. The molecule has 0 radical (unpaired) electrons. The predicted octanol–water partition coefficient (Wildman–Crippen LogP) is 2.17. The largest absolute Gasteiger partial charge is 0.496 e. The lowest BCUT2D eigenvalue weighted by molar-refractivity contribution is 0.0949. The molecule has 0 bridgehead atoms. The highest BCUT2D eigenvalue weighted by molar-refractivity contribution is 7.17. The SMILES string of the molecule is CNc1nnc(C(=O)NCc2c(Cl)cccc2OC)s1. The number of aromatic nitrogens is 2. The van der Waals surface area contributed by atoms with Gasteiger partial charge in [0, 0.05) is 24.2 Å². The number of ether oxygens (including phenoxy) is 1. The smallest absolute Gasteiger partial charge is 0.282 e. The molecule has 1 heterocycles. The van der Waals surface area contributed by atoms with Crippen LogP contribution in [-0.2, 0) is 6.54 Å². The van der Waals surface area contributed by atoms with Crippen molar-refractivity contribution < 1.29 is 9.53 Å². The molecule has 0 aliphatic carbocycles. The van der Waals surface area contributed by atoms with Gasteiger partial charge in [0.15, 0.2) is 0 Å². The minimum absolute atomic E-state index is 0.260. The van der Waals surface area contributed by atoms with Gasteiger partial charge in [-0.1, -0.05) is 29.0 Å². The van der Waals surface area contributed by atoms with Gasteiger partial charge in [-0.15, -0.1) is 10.2 Å². The van der Waals surface area contributed by atoms with Crippen LogP contribution in [0.1, 0.15) is 15.4 Å². The van der Waals surface area contributed by atoms with E-state index in [2.05, 4.69) is 20.8 Å². The highest BCUT2D eigenvalue weighted by Crippen LogP contribution is 2.26. The standard InChI is InChI=1S/C12H13ClN4O2S/c1-14-12-17-16-11(20-12)10(18)15-6-7-8(13)4-3-5-9(7)19-2/h3-5H,6H2,1-2H3,(H,14,17)(H,15,18). The molecule has 0 spiro atoms. The van der Waals surface area contributed by atoms with E-state index in [9.17, 15) is 4.79 Å². The van der Waals surface area contributed by atoms with E-state index in [1.54, 1.807) is 32.4 Å². The van der Waals surface area contributed by atoms with Crippen molar-refractivity contribution in [2.75, 3.05) is 19.5 Å². The third-order valence-electron chi connectivity index (χ3n) is 2.55. The molecule has 2 N–H and O–H groups in total. The highest BCUT2D eigenvalue weighted by Gasteiger charge is 2.14. The summed E-state index contributed by atoms with van der Waals surface area (Å²) in [6.07, 6.45) is 0. The van der Waals surface area contributed by atoms with Crippen LogP contribution in [0.15, 0.2) is 18.2 Å². The minimum atomic E-state index is -0.300. The van der Waals surface area contributed by atoms with Crippen LogP contribution in [0.3, 0.4) is 0 Å². The fourth-order valence-corrected chi connectivity index (χ4v) is 2.41. The van der Waals surface area contributed by atoms with Gasteiger partial charge in [-0.3, -0.25) is 4.79 Å². The van der Waals surface area contributed by atoms with Crippen molar-refractivity contribution in [2.45, 2.75) is 6.54 Å². The predicted molar refractivity (Wildman–Crippen MR) is 78.6 cm³/mol. The number of methoxy groups -OCH3 is 1. The lowest BCUT2D eigenvalue weighted by atomic mass is 10.2. The van der Waals surface area contributed by atoms with Crippen LogP contribution in [0.25, 0.3) is 0 Å². The molecule has 0 fully saturated rings. The van der Waals surface area contributed by atoms with Crippen LogP contribution < -0.4 is 15.4 Å². The van der Waals surface area contributed by atoms with Gasteiger partial charge in [-0.2, -0.15) is 0 Å². The number of nitrogens with zero attached hydrogens (tertiary/aromatic N) is 2. The third kappa shape index (κ3) is 3.17. The van der Waals surface area contributed by atoms with Gasteiger partial charge in [0.1, 0.15) is 5.75 Å². The van der Waals surface area contributed by atoms with Crippen LogP contribution in [0, 0.1) is 0 Å². The molecule has 20 heavy (non-hydrogen) atoms. The number of halogens is 1. The van der Waals surface area contributed by atoms with E-state index >= 15 is 0 Å². The van der Waals surface area contributed by atoms with E-state index in [-0.39, 0.29) is 12.5 Å². The van der Waals surface area contributed by atoms with Gasteiger partial charge >= 0.3 is 0 Å². The van der Waals surface area contributed by atoms with E-state index in [0.717, 1.165) is 5.56 Å². The Labute approximate surface area is 125 Å². The zero-order valence-electron chi connectivity index (χ0n) is 10.9. The van der Waals surface area contributed by atoms with Crippen molar-refractivity contribution in [3.05, 3.63) is 33.8 Å². The monoisotopic (exact) mass is 312 g/mol. The van der Waals surface area contributed by atoms with Crippen molar-refractivity contribution in [1.82, 2.24) is 15.5 Å². The van der Waals surface area contributed by atoms with Crippen LogP contribution in [0.2, 0.25) is 5.02 Å². The summed E-state index contributed by atoms with van der Waals surface area (Å²) in [6, 6.07) is 5.32. The molecule has 106 valence electrons. The molecule has 0 aliphatic heterocycles. The van der Waals surface area contributed by atoms with E-state index in [4.69, 9.17) is 16.3 Å². The number of carbonyl (C=O) groups is 1. The normalized spacial score (nSPS) is 10.2. The number of hydrogen-bond acceptors (Lipinski definition) is 6. The van der Waals surface area contributed by atoms with Crippen LogP contribution in [-0.4, -0.2) is 30.3 Å². The average Bonchev–Trinajstić information content (AvgIpc) is 2.94. The second-order valence-electron chi connectivity index (χ2n) is 3.77. The lowest BCUT2D eigenvalue weighted by Gasteiger charge is -2.10. The highest BCUT2D eigenvalue weighted by atomic mass is 35.5. The van der Waals surface area contributed by atoms with Crippen molar-refractivity contribution >= 4 is 34.0 Å². The van der Waals surface area contributed by atoms with Crippen molar-refractivity contribution in [1.29, 1.82) is 0 Å². The Kier molecular flexibility index (Phi) is 4.75. The Morgan fingerprint density at radius 3 is 2.90 bits per heavy atom. The topological polar surface area (TPSA) is 76.1 Å². The Hall–Kier alpha value is -1.86. The van der Waals surface area contributed by atoms with Gasteiger partial charge in [0.05, 0.1) is 7.11 Å². The number of rotatable bonds is 5. The maximum absolute atomic E-state index is 11.9. The number of hydrogen-bond donors (Lipinski definition) is 2. The molecule has 0 atom stereocenters. The zero-order valence-corrected chi connectivity index (χ0v) is 12.5. The van der Waals surface area contributed by atoms with Gasteiger partial charge in [0.25, 0.3) is 5.91 Å². The van der Waals surface area contributed by atoms with Gasteiger partial charge < -0.3 is 15.4 Å². The molecule has 0 unspecified atom stereocenters. The maximum atomic E-state index is 11.9. The van der Waals surface area contributed by atoms with E-state index in [0.29, 0.717) is 20.9 Å². The third-order valence-corrected chi connectivity index (χ3v) is 3.85. The molecule has 2 rings (SSSR count). The van der Waals surface area contributed by atoms with Gasteiger partial charge in [-0.25, -0.2) is 0 Å². The van der Waals surface area contributed by atoms with E-state index in [1.807, 2.05) is 0 Å². The summed E-state index contributed by atoms with van der Waals surface area (Å²) < 4.78 is 5.21. The maximum Gasteiger partial charge on any atom is 0.282 e. The first-order valence-electron chi connectivity index (χ1n) is 5.76. The fraction of sp³-hybridized carbons (Fsp3) is 0.250. The molecule has 0 aliphatic rings. The molecule has 0 saturated heterocycles. The van der Waals surface area contributed by atoms with Gasteiger partial charge in [-0.05, 0) is 12.1 Å². The summed E-state index contributed by atoms with van der Waals surface area (Å²) in [5.41, 5.74) is 0.725. The molecule has 0 saturated carbocycles. The van der Waals surface area contributed by atoms with Crippen molar-refractivity contribution in [3.63, 3.8) is 0 Å². The molecule has 8 heteroatoms. The van der Waals surface area contributed by atoms with Crippen molar-refractivity contribution in [2.24, 2.45) is 0 Å². The molecule has 6 nitrogen and oxygen atoms in total. The van der Waals surface area contributed by atoms with Crippen LogP contribution >= 0.6 is 22.9 Å². The van der Waals surface area contributed by atoms with Crippen molar-refractivity contribution in [3.8, 4) is 5.75 Å². The first-order chi connectivity index (χ1) is 9.65. The first kappa shape index (κ1) is 14.5. The Morgan fingerprint density at radius 1 is 1.45 bits per heavy atom. The van der Waals surface area contributed by atoms with E-state index < -0.39 is 0 Å². The number of anilines is 1. The second kappa shape index (κ2) is 6.53. The van der Waals surface area contributed by atoms with Gasteiger partial charge in [0.2, 0.25) is 10.1 Å². The first-order valence-corrected chi connectivity index (χ1v) is 6.96. The number of amides is 1. The molecule has 1 aromatic heterocycles.